The second kappa shape index (κ2) is 5.17. The normalized spacial score (nSPS) is 9.76. The third kappa shape index (κ3) is 2.45. The number of hydrogen-bond acceptors (Lipinski definition) is 6. The zero-order valence-electron chi connectivity index (χ0n) is 9.10. The number of para-hydroxylation sites is 1. The number of Topliss-reactive ketones (excluding diaryl/α,β-unsaturated/α-hetero) is 2. The lowest BCUT2D eigenvalue weighted by atomic mass is 10.0. The van der Waals surface area contributed by atoms with Crippen LogP contribution in [0.15, 0.2) is 18.2 Å². The first kappa shape index (κ1) is 12.8. The van der Waals surface area contributed by atoms with Gasteiger partial charge in [-0.15, -0.1) is 0 Å². The molecule has 0 saturated carbocycles. The van der Waals surface area contributed by atoms with Gasteiger partial charge in [0.15, 0.2) is 0 Å². The summed E-state index contributed by atoms with van der Waals surface area (Å²) >= 11 is 0. The van der Waals surface area contributed by atoms with Crippen LogP contribution in [-0.4, -0.2) is 16.5 Å². The molecule has 0 bridgehead atoms. The summed E-state index contributed by atoms with van der Waals surface area (Å²) in [7, 11) is 0. The Morgan fingerprint density at radius 2 is 2.12 bits per heavy atom. The lowest BCUT2D eigenvalue weighted by Crippen LogP contribution is -2.17. The van der Waals surface area contributed by atoms with Crippen molar-refractivity contribution in [2.75, 3.05) is 5.43 Å². The molecule has 0 aliphatic rings. The molecule has 1 aromatic carbocycles. The zero-order valence-corrected chi connectivity index (χ0v) is 9.10. The number of nitrogens with two attached hydrogens (primary N) is 1. The topological polar surface area (TPSA) is 115 Å². The van der Waals surface area contributed by atoms with Gasteiger partial charge in [-0.05, 0) is 12.1 Å². The molecule has 0 spiro atoms. The molecule has 0 unspecified atom stereocenters. The molecule has 7 nitrogen and oxygen atoms in total. The first-order valence-electron chi connectivity index (χ1n) is 4.84. The van der Waals surface area contributed by atoms with Crippen molar-refractivity contribution in [1.82, 2.24) is 0 Å². The van der Waals surface area contributed by atoms with Crippen LogP contribution in [0.4, 0.5) is 11.4 Å². The number of nitrogen functional groups attached to an aromatic ring is 1. The fourth-order valence-corrected chi connectivity index (χ4v) is 1.35. The number of nitro benzene ring substituents is 1. The Morgan fingerprint density at radius 1 is 1.47 bits per heavy atom. The first-order valence-corrected chi connectivity index (χ1v) is 4.84. The number of carbonyl (C=O) groups is 2. The molecule has 90 valence electrons. The molecule has 0 amide bonds. The van der Waals surface area contributed by atoms with Gasteiger partial charge in [-0.3, -0.25) is 25.5 Å². The minimum Gasteiger partial charge on any atom is -0.318 e. The van der Waals surface area contributed by atoms with Crippen LogP contribution >= 0.6 is 0 Å². The minimum atomic E-state index is -0.878. The molecule has 0 aromatic heterocycles. The number of ketones is 2. The van der Waals surface area contributed by atoms with Crippen LogP contribution in [0.1, 0.15) is 23.7 Å². The van der Waals surface area contributed by atoms with Crippen LogP contribution < -0.4 is 11.3 Å². The molecule has 17 heavy (non-hydrogen) atoms. The van der Waals surface area contributed by atoms with Gasteiger partial charge >= 0.3 is 5.69 Å². The minimum absolute atomic E-state index is 0.00370. The van der Waals surface area contributed by atoms with Gasteiger partial charge in [-0.25, -0.2) is 0 Å². The van der Waals surface area contributed by atoms with Crippen molar-refractivity contribution in [2.24, 2.45) is 5.84 Å². The number of hydrazine groups is 1. The van der Waals surface area contributed by atoms with Gasteiger partial charge < -0.3 is 5.43 Å². The Bertz CT molecular complexity index is 484. The molecule has 0 saturated heterocycles. The van der Waals surface area contributed by atoms with E-state index in [9.17, 15) is 19.7 Å². The number of hydrogen-bond donors (Lipinski definition) is 2. The number of nitro groups is 1. The molecule has 0 radical (unpaired) electrons. The SMILES string of the molecule is CCC(=O)C(=O)c1cccc(NN)c1[N+](=O)[O-]. The van der Waals surface area contributed by atoms with E-state index in [1.165, 1.54) is 25.1 Å². The molecule has 3 N–H and O–H groups in total. The highest BCUT2D eigenvalue weighted by atomic mass is 16.6. The maximum Gasteiger partial charge on any atom is 0.304 e. The molecule has 0 aliphatic carbocycles. The lowest BCUT2D eigenvalue weighted by Gasteiger charge is -2.05. The molecule has 0 atom stereocenters. The fraction of sp³-hybridized carbons (Fsp3) is 0.200. The van der Waals surface area contributed by atoms with Crippen molar-refractivity contribution in [3.05, 3.63) is 33.9 Å². The molecule has 1 aromatic rings. The summed E-state index contributed by atoms with van der Waals surface area (Å²) in [5.41, 5.74) is 1.38. The lowest BCUT2D eigenvalue weighted by molar-refractivity contribution is -0.384. The summed E-state index contributed by atoms with van der Waals surface area (Å²) < 4.78 is 0. The van der Waals surface area contributed by atoms with E-state index >= 15 is 0 Å². The van der Waals surface area contributed by atoms with E-state index in [1.807, 2.05) is 0 Å². The average Bonchev–Trinajstić information content (AvgIpc) is 2.35. The van der Waals surface area contributed by atoms with Crippen molar-refractivity contribution >= 4 is 22.9 Å². The van der Waals surface area contributed by atoms with E-state index in [2.05, 4.69) is 5.43 Å². The van der Waals surface area contributed by atoms with Gasteiger partial charge in [0.25, 0.3) is 0 Å². The number of nitrogens with zero attached hydrogens (tertiary/aromatic N) is 1. The Hall–Kier alpha value is -2.28. The van der Waals surface area contributed by atoms with Crippen molar-refractivity contribution in [2.45, 2.75) is 13.3 Å². The smallest absolute Gasteiger partial charge is 0.304 e. The second-order valence-corrected chi connectivity index (χ2v) is 3.21. The summed E-state index contributed by atoms with van der Waals surface area (Å²) in [6.45, 7) is 1.51. The quantitative estimate of drug-likeness (QED) is 0.260. The second-order valence-electron chi connectivity index (χ2n) is 3.21. The van der Waals surface area contributed by atoms with Crippen molar-refractivity contribution < 1.29 is 14.5 Å². The van der Waals surface area contributed by atoms with Gasteiger partial charge in [0.05, 0.1) is 4.92 Å². The maximum absolute atomic E-state index is 11.6. The number of anilines is 1. The van der Waals surface area contributed by atoms with Crippen LogP contribution in [-0.2, 0) is 4.79 Å². The monoisotopic (exact) mass is 237 g/mol. The Labute approximate surface area is 96.7 Å². The Kier molecular flexibility index (Phi) is 3.89. The van der Waals surface area contributed by atoms with E-state index in [4.69, 9.17) is 5.84 Å². The van der Waals surface area contributed by atoms with E-state index < -0.39 is 22.2 Å². The number of benzene rings is 1. The molecule has 0 aliphatic heterocycles. The third-order valence-electron chi connectivity index (χ3n) is 2.19. The van der Waals surface area contributed by atoms with E-state index in [-0.39, 0.29) is 17.7 Å². The first-order chi connectivity index (χ1) is 8.02. The predicted octanol–water partition coefficient (Wildman–Crippen LogP) is 1.04. The maximum atomic E-state index is 11.6. The molecule has 7 heteroatoms. The standard InChI is InChI=1S/C10H11N3O4/c1-2-8(14)10(15)6-4-3-5-7(12-11)9(6)13(16)17/h3-5,12H,2,11H2,1H3. The highest BCUT2D eigenvalue weighted by molar-refractivity contribution is 6.44. The summed E-state index contributed by atoms with van der Waals surface area (Å²) in [5.74, 6) is 3.56. The van der Waals surface area contributed by atoms with Crippen molar-refractivity contribution in [3.63, 3.8) is 0 Å². The summed E-state index contributed by atoms with van der Waals surface area (Å²) in [4.78, 5) is 33.0. The Morgan fingerprint density at radius 3 is 2.59 bits per heavy atom. The highest BCUT2D eigenvalue weighted by Crippen LogP contribution is 2.28. The summed E-state index contributed by atoms with van der Waals surface area (Å²) in [6, 6.07) is 4.00. The van der Waals surface area contributed by atoms with Crippen LogP contribution in [0.3, 0.4) is 0 Å². The van der Waals surface area contributed by atoms with Crippen molar-refractivity contribution in [3.8, 4) is 0 Å². The van der Waals surface area contributed by atoms with Gasteiger partial charge in [0, 0.05) is 6.42 Å². The Balaban J connectivity index is 3.38. The van der Waals surface area contributed by atoms with Gasteiger partial charge in [0.1, 0.15) is 11.3 Å². The van der Waals surface area contributed by atoms with Crippen molar-refractivity contribution in [1.29, 1.82) is 0 Å². The highest BCUT2D eigenvalue weighted by Gasteiger charge is 2.27. The van der Waals surface area contributed by atoms with E-state index in [0.29, 0.717) is 0 Å². The molecule has 1 rings (SSSR count). The molecular formula is C10H11N3O4. The van der Waals surface area contributed by atoms with E-state index in [0.717, 1.165) is 0 Å². The van der Waals surface area contributed by atoms with Gasteiger partial charge in [0.2, 0.25) is 11.6 Å². The number of carbonyl (C=O) groups excluding carboxylic acids is 2. The molecule has 0 fully saturated rings. The average molecular weight is 237 g/mol. The zero-order chi connectivity index (χ0) is 13.0. The summed E-state index contributed by atoms with van der Waals surface area (Å²) in [6.07, 6.45) is -0.00370. The molecule has 0 heterocycles. The van der Waals surface area contributed by atoms with Gasteiger partial charge in [-0.1, -0.05) is 13.0 Å². The van der Waals surface area contributed by atoms with E-state index in [1.54, 1.807) is 0 Å². The molecular weight excluding hydrogens is 226 g/mol. The number of nitrogens with one attached hydrogen (secondary N) is 1. The largest absolute Gasteiger partial charge is 0.318 e. The summed E-state index contributed by atoms with van der Waals surface area (Å²) in [5, 5.41) is 10.9. The number of rotatable bonds is 5. The van der Waals surface area contributed by atoms with Crippen LogP contribution in [0.25, 0.3) is 0 Å². The van der Waals surface area contributed by atoms with Crippen LogP contribution in [0.5, 0.6) is 0 Å². The van der Waals surface area contributed by atoms with Crippen LogP contribution in [0.2, 0.25) is 0 Å². The predicted molar refractivity (Wildman–Crippen MR) is 60.5 cm³/mol. The third-order valence-corrected chi connectivity index (χ3v) is 2.19. The van der Waals surface area contributed by atoms with Crippen LogP contribution in [0, 0.1) is 10.1 Å². The fourth-order valence-electron chi connectivity index (χ4n) is 1.35. The van der Waals surface area contributed by atoms with Gasteiger partial charge in [-0.2, -0.15) is 0 Å².